The molecule has 0 saturated heterocycles. The van der Waals surface area contributed by atoms with Gasteiger partial charge in [0.2, 0.25) is 0 Å². The molecular formula is C16H17F2NO2. The third-order valence-electron chi connectivity index (χ3n) is 2.79. The van der Waals surface area contributed by atoms with Crippen molar-refractivity contribution in [3.8, 4) is 11.5 Å². The molecule has 2 aromatic carbocycles. The Labute approximate surface area is 122 Å². The Kier molecular flexibility index (Phi) is 5.37. The van der Waals surface area contributed by atoms with E-state index < -0.39 is 6.61 Å². The average molecular weight is 293 g/mol. The van der Waals surface area contributed by atoms with Crippen LogP contribution in [-0.2, 0) is 6.54 Å². The second-order valence-electron chi connectivity index (χ2n) is 4.34. The fraction of sp³-hybridized carbons (Fsp3) is 0.250. The van der Waals surface area contributed by atoms with Gasteiger partial charge >= 0.3 is 6.61 Å². The van der Waals surface area contributed by atoms with Gasteiger partial charge in [-0.1, -0.05) is 12.1 Å². The van der Waals surface area contributed by atoms with Crippen molar-refractivity contribution in [1.82, 2.24) is 0 Å². The fourth-order valence-corrected chi connectivity index (χ4v) is 1.87. The highest BCUT2D eigenvalue weighted by Gasteiger charge is 2.03. The summed E-state index contributed by atoms with van der Waals surface area (Å²) in [6.07, 6.45) is 0. The van der Waals surface area contributed by atoms with Crippen LogP contribution in [0.4, 0.5) is 14.5 Å². The Morgan fingerprint density at radius 1 is 1.05 bits per heavy atom. The first-order valence-electron chi connectivity index (χ1n) is 6.68. The zero-order valence-electron chi connectivity index (χ0n) is 11.7. The molecule has 21 heavy (non-hydrogen) atoms. The lowest BCUT2D eigenvalue weighted by Gasteiger charge is -2.10. The topological polar surface area (TPSA) is 30.5 Å². The molecule has 0 bridgehead atoms. The highest BCUT2D eigenvalue weighted by Crippen LogP contribution is 2.19. The highest BCUT2D eigenvalue weighted by atomic mass is 19.3. The van der Waals surface area contributed by atoms with E-state index in [4.69, 9.17) is 4.74 Å². The molecule has 1 N–H and O–H groups in total. The van der Waals surface area contributed by atoms with Crippen LogP contribution >= 0.6 is 0 Å². The predicted octanol–water partition coefficient (Wildman–Crippen LogP) is 4.30. The Hall–Kier alpha value is -2.30. The van der Waals surface area contributed by atoms with Gasteiger partial charge in [0.25, 0.3) is 0 Å². The van der Waals surface area contributed by atoms with Crippen molar-refractivity contribution in [3.63, 3.8) is 0 Å². The minimum absolute atomic E-state index is 0.147. The van der Waals surface area contributed by atoms with Crippen molar-refractivity contribution in [1.29, 1.82) is 0 Å². The van der Waals surface area contributed by atoms with Gasteiger partial charge in [0.15, 0.2) is 0 Å². The number of ether oxygens (including phenoxy) is 2. The lowest BCUT2D eigenvalue weighted by molar-refractivity contribution is -0.0498. The van der Waals surface area contributed by atoms with E-state index >= 15 is 0 Å². The predicted molar refractivity (Wildman–Crippen MR) is 78.0 cm³/mol. The van der Waals surface area contributed by atoms with Crippen LogP contribution in [-0.4, -0.2) is 13.2 Å². The second kappa shape index (κ2) is 7.47. The first-order valence-corrected chi connectivity index (χ1v) is 6.68. The first-order chi connectivity index (χ1) is 10.2. The van der Waals surface area contributed by atoms with Crippen molar-refractivity contribution in [3.05, 3.63) is 54.1 Å². The van der Waals surface area contributed by atoms with Crippen LogP contribution in [0.1, 0.15) is 12.5 Å². The molecule has 0 aromatic heterocycles. The maximum atomic E-state index is 12.0. The Balaban J connectivity index is 1.91. The molecule has 0 amide bonds. The third-order valence-corrected chi connectivity index (χ3v) is 2.79. The van der Waals surface area contributed by atoms with Crippen LogP contribution in [0.2, 0.25) is 0 Å². The second-order valence-corrected chi connectivity index (χ2v) is 4.34. The molecule has 2 rings (SSSR count). The van der Waals surface area contributed by atoms with Gasteiger partial charge in [0.05, 0.1) is 6.61 Å². The van der Waals surface area contributed by atoms with E-state index in [9.17, 15) is 8.78 Å². The summed E-state index contributed by atoms with van der Waals surface area (Å²) in [5.74, 6) is 0.978. The van der Waals surface area contributed by atoms with Crippen LogP contribution in [0.25, 0.3) is 0 Å². The van der Waals surface area contributed by atoms with E-state index in [1.165, 1.54) is 12.1 Å². The lowest BCUT2D eigenvalue weighted by atomic mass is 10.2. The number of alkyl halides is 2. The zero-order chi connectivity index (χ0) is 15.1. The molecule has 3 nitrogen and oxygen atoms in total. The quantitative estimate of drug-likeness (QED) is 0.825. The van der Waals surface area contributed by atoms with Crippen LogP contribution in [0.3, 0.4) is 0 Å². The van der Waals surface area contributed by atoms with Crippen LogP contribution in [0.15, 0.2) is 48.5 Å². The molecule has 0 heterocycles. The molecule has 112 valence electrons. The number of halogens is 2. The maximum absolute atomic E-state index is 12.0. The summed E-state index contributed by atoms with van der Waals surface area (Å²) >= 11 is 0. The largest absolute Gasteiger partial charge is 0.494 e. The van der Waals surface area contributed by atoms with Crippen molar-refractivity contribution < 1.29 is 18.3 Å². The average Bonchev–Trinajstić information content (AvgIpc) is 2.47. The van der Waals surface area contributed by atoms with Gasteiger partial charge in [-0.25, -0.2) is 0 Å². The summed E-state index contributed by atoms with van der Waals surface area (Å²) in [5.41, 5.74) is 1.91. The molecule has 5 heteroatoms. The van der Waals surface area contributed by atoms with Gasteiger partial charge in [0.1, 0.15) is 11.5 Å². The van der Waals surface area contributed by atoms with Gasteiger partial charge in [-0.15, -0.1) is 0 Å². The monoisotopic (exact) mass is 293 g/mol. The maximum Gasteiger partial charge on any atom is 0.387 e. The number of nitrogens with one attached hydrogen (secondary N) is 1. The van der Waals surface area contributed by atoms with Crippen molar-refractivity contribution >= 4 is 5.69 Å². The van der Waals surface area contributed by atoms with Crippen LogP contribution < -0.4 is 14.8 Å². The number of hydrogen-bond acceptors (Lipinski definition) is 3. The summed E-state index contributed by atoms with van der Waals surface area (Å²) in [4.78, 5) is 0. The zero-order valence-corrected chi connectivity index (χ0v) is 11.7. The van der Waals surface area contributed by atoms with Gasteiger partial charge in [0, 0.05) is 12.2 Å². The van der Waals surface area contributed by atoms with E-state index in [0.29, 0.717) is 13.2 Å². The molecular weight excluding hydrogens is 276 g/mol. The number of benzene rings is 2. The van der Waals surface area contributed by atoms with E-state index in [0.717, 1.165) is 17.0 Å². The number of hydrogen-bond donors (Lipinski definition) is 1. The smallest absolute Gasteiger partial charge is 0.387 e. The van der Waals surface area contributed by atoms with Crippen LogP contribution in [0, 0.1) is 0 Å². The summed E-state index contributed by atoms with van der Waals surface area (Å²) < 4.78 is 33.8. The SMILES string of the molecule is CCOc1cccc(CNc2ccc(OC(F)F)cc2)c1. The minimum Gasteiger partial charge on any atom is -0.494 e. The molecule has 0 aliphatic rings. The van der Waals surface area contributed by atoms with Crippen LogP contribution in [0.5, 0.6) is 11.5 Å². The van der Waals surface area contributed by atoms with Gasteiger partial charge in [-0.2, -0.15) is 8.78 Å². The molecule has 0 aliphatic carbocycles. The van der Waals surface area contributed by atoms with E-state index in [2.05, 4.69) is 10.1 Å². The van der Waals surface area contributed by atoms with Crippen molar-refractivity contribution in [2.45, 2.75) is 20.1 Å². The summed E-state index contributed by atoms with van der Waals surface area (Å²) in [5, 5.41) is 3.21. The Bertz CT molecular complexity index is 558. The molecule has 0 atom stereocenters. The Morgan fingerprint density at radius 3 is 2.48 bits per heavy atom. The molecule has 0 saturated carbocycles. The van der Waals surface area contributed by atoms with Gasteiger partial charge in [-0.3, -0.25) is 0 Å². The van der Waals surface area contributed by atoms with Gasteiger partial charge in [-0.05, 0) is 48.9 Å². The fourth-order valence-electron chi connectivity index (χ4n) is 1.87. The summed E-state index contributed by atoms with van der Waals surface area (Å²) in [7, 11) is 0. The number of rotatable bonds is 7. The van der Waals surface area contributed by atoms with Gasteiger partial charge < -0.3 is 14.8 Å². The Morgan fingerprint density at radius 2 is 1.81 bits per heavy atom. The molecule has 0 fully saturated rings. The van der Waals surface area contributed by atoms with E-state index in [1.54, 1.807) is 12.1 Å². The third kappa shape index (κ3) is 4.95. The molecule has 0 unspecified atom stereocenters. The molecule has 0 radical (unpaired) electrons. The molecule has 0 spiro atoms. The van der Waals surface area contributed by atoms with E-state index in [1.807, 2.05) is 31.2 Å². The lowest BCUT2D eigenvalue weighted by Crippen LogP contribution is -2.03. The highest BCUT2D eigenvalue weighted by molar-refractivity contribution is 5.47. The standard InChI is InChI=1S/C16H17F2NO2/c1-2-20-15-5-3-4-12(10-15)11-19-13-6-8-14(9-7-13)21-16(17)18/h3-10,16,19H,2,11H2,1H3. The first kappa shape index (κ1) is 15.1. The molecule has 2 aromatic rings. The summed E-state index contributed by atoms with van der Waals surface area (Å²) in [6, 6.07) is 14.2. The van der Waals surface area contributed by atoms with Crippen molar-refractivity contribution in [2.24, 2.45) is 0 Å². The molecule has 0 aliphatic heterocycles. The normalized spacial score (nSPS) is 10.5. The van der Waals surface area contributed by atoms with E-state index in [-0.39, 0.29) is 5.75 Å². The van der Waals surface area contributed by atoms with Crippen molar-refractivity contribution in [2.75, 3.05) is 11.9 Å². The summed E-state index contributed by atoms with van der Waals surface area (Å²) in [6.45, 7) is 0.386. The number of anilines is 1. The minimum atomic E-state index is -2.80.